The number of thioether (sulfide) groups is 1. The lowest BCUT2D eigenvalue weighted by atomic mass is 10.2. The lowest BCUT2D eigenvalue weighted by Gasteiger charge is -2.13. The Bertz CT molecular complexity index is 1290. The first-order valence-electron chi connectivity index (χ1n) is 9.55. The first-order valence-corrected chi connectivity index (χ1v) is 12.1. The molecule has 1 atom stereocenters. The fraction of sp³-hybridized carbons (Fsp3) is 0.238. The van der Waals surface area contributed by atoms with E-state index >= 15 is 0 Å². The lowest BCUT2D eigenvalue weighted by molar-refractivity contribution is 0.213. The van der Waals surface area contributed by atoms with Crippen molar-refractivity contribution in [3.63, 3.8) is 0 Å². The normalized spacial score (nSPS) is 12.3. The topological polar surface area (TPSA) is 92.9 Å². The van der Waals surface area contributed by atoms with Crippen molar-refractivity contribution in [2.45, 2.75) is 24.3 Å². The lowest BCUT2D eigenvalue weighted by Crippen LogP contribution is -2.22. The highest BCUT2D eigenvalue weighted by atomic mass is 79.9. The molecule has 0 amide bonds. The van der Waals surface area contributed by atoms with E-state index in [-0.39, 0.29) is 5.56 Å². The van der Waals surface area contributed by atoms with Crippen molar-refractivity contribution in [3.8, 4) is 5.13 Å². The fourth-order valence-corrected chi connectivity index (χ4v) is 5.27. The van der Waals surface area contributed by atoms with Gasteiger partial charge in [-0.05, 0) is 43.7 Å². The fourth-order valence-electron chi connectivity index (χ4n) is 3.07. The van der Waals surface area contributed by atoms with Gasteiger partial charge in [0.1, 0.15) is 5.82 Å². The number of aliphatic hydroxyl groups is 1. The minimum Gasteiger partial charge on any atom is -0.390 e. The van der Waals surface area contributed by atoms with Crippen LogP contribution in [0.15, 0.2) is 56.1 Å². The summed E-state index contributed by atoms with van der Waals surface area (Å²) in [5.41, 5.74) is 2.60. The van der Waals surface area contributed by atoms with Gasteiger partial charge >= 0.3 is 0 Å². The summed E-state index contributed by atoms with van der Waals surface area (Å²) in [5.74, 6) is 1.01. The number of aryl methyl sites for hydroxylation is 2. The average molecular weight is 518 g/mol. The molecule has 4 rings (SSSR count). The van der Waals surface area contributed by atoms with Crippen LogP contribution in [0.5, 0.6) is 0 Å². The van der Waals surface area contributed by atoms with Crippen molar-refractivity contribution in [3.05, 3.63) is 68.7 Å². The number of hydrogen-bond donors (Lipinski definition) is 2. The molecule has 0 spiro atoms. The summed E-state index contributed by atoms with van der Waals surface area (Å²) in [6.45, 7) is 4.24. The zero-order chi connectivity index (χ0) is 22.0. The van der Waals surface area contributed by atoms with Crippen LogP contribution in [0.25, 0.3) is 16.0 Å². The SMILES string of the molecule is Cc1ccccc1NCC(O)CSc1nnc(-n2c(C)nc3ccc(Br)cc3c2=O)s1. The maximum atomic E-state index is 13.0. The molecule has 2 heterocycles. The van der Waals surface area contributed by atoms with E-state index in [1.54, 1.807) is 13.0 Å². The zero-order valence-corrected chi connectivity index (χ0v) is 20.1. The summed E-state index contributed by atoms with van der Waals surface area (Å²) in [5, 5.41) is 22.9. The number of nitrogens with zero attached hydrogens (tertiary/aromatic N) is 4. The highest BCUT2D eigenvalue weighted by Gasteiger charge is 2.15. The molecule has 0 saturated heterocycles. The maximum Gasteiger partial charge on any atom is 0.267 e. The van der Waals surface area contributed by atoms with E-state index in [2.05, 4.69) is 36.4 Å². The zero-order valence-electron chi connectivity index (χ0n) is 16.9. The number of fused-ring (bicyclic) bond motifs is 1. The third kappa shape index (κ3) is 4.98. The van der Waals surface area contributed by atoms with Gasteiger partial charge in [0.15, 0.2) is 4.34 Å². The van der Waals surface area contributed by atoms with Gasteiger partial charge in [-0.25, -0.2) is 9.55 Å². The van der Waals surface area contributed by atoms with Crippen LogP contribution in [0.3, 0.4) is 0 Å². The minimum absolute atomic E-state index is 0.182. The molecule has 160 valence electrons. The van der Waals surface area contributed by atoms with Crippen LogP contribution in [-0.2, 0) is 0 Å². The number of rotatable bonds is 7. The quantitative estimate of drug-likeness (QED) is 0.355. The van der Waals surface area contributed by atoms with Crippen molar-refractivity contribution in [2.24, 2.45) is 0 Å². The molecule has 0 aliphatic rings. The molecular weight excluding hydrogens is 498 g/mol. The second-order valence-electron chi connectivity index (χ2n) is 6.97. The van der Waals surface area contributed by atoms with Crippen molar-refractivity contribution >= 4 is 55.6 Å². The van der Waals surface area contributed by atoms with Gasteiger partial charge in [-0.3, -0.25) is 4.79 Å². The van der Waals surface area contributed by atoms with Gasteiger partial charge in [-0.2, -0.15) is 0 Å². The van der Waals surface area contributed by atoms with Gasteiger partial charge in [0.2, 0.25) is 5.13 Å². The van der Waals surface area contributed by atoms with Crippen LogP contribution in [0, 0.1) is 13.8 Å². The number of para-hydroxylation sites is 1. The van der Waals surface area contributed by atoms with E-state index < -0.39 is 6.10 Å². The predicted octanol–water partition coefficient (Wildman–Crippen LogP) is 4.18. The number of hydrogen-bond acceptors (Lipinski definition) is 8. The van der Waals surface area contributed by atoms with Crippen molar-refractivity contribution in [1.82, 2.24) is 19.7 Å². The molecule has 2 aromatic heterocycles. The number of halogens is 1. The van der Waals surface area contributed by atoms with Gasteiger partial charge in [0.05, 0.1) is 17.0 Å². The van der Waals surface area contributed by atoms with Crippen LogP contribution in [0.4, 0.5) is 5.69 Å². The number of aromatic nitrogens is 4. The number of aliphatic hydroxyl groups excluding tert-OH is 1. The third-order valence-corrected chi connectivity index (χ3v) is 7.34. The van der Waals surface area contributed by atoms with E-state index in [0.29, 0.717) is 38.5 Å². The molecule has 4 aromatic rings. The number of nitrogens with one attached hydrogen (secondary N) is 1. The van der Waals surface area contributed by atoms with E-state index in [1.807, 2.05) is 43.3 Å². The number of benzene rings is 2. The minimum atomic E-state index is -0.555. The van der Waals surface area contributed by atoms with E-state index in [4.69, 9.17) is 0 Å². The summed E-state index contributed by atoms with van der Waals surface area (Å²) in [7, 11) is 0. The van der Waals surface area contributed by atoms with Crippen LogP contribution in [0.2, 0.25) is 0 Å². The Morgan fingerprint density at radius 2 is 2.03 bits per heavy atom. The molecule has 7 nitrogen and oxygen atoms in total. The molecule has 0 radical (unpaired) electrons. The Kier molecular flexibility index (Phi) is 6.71. The van der Waals surface area contributed by atoms with Crippen LogP contribution in [-0.4, -0.2) is 43.3 Å². The Hall–Kier alpha value is -2.27. The van der Waals surface area contributed by atoms with Gasteiger partial charge in [0, 0.05) is 22.5 Å². The molecule has 0 aliphatic carbocycles. The van der Waals surface area contributed by atoms with Gasteiger partial charge in [-0.1, -0.05) is 57.2 Å². The molecule has 2 aromatic carbocycles. The largest absolute Gasteiger partial charge is 0.390 e. The van der Waals surface area contributed by atoms with Crippen molar-refractivity contribution in [1.29, 1.82) is 0 Å². The Balaban J connectivity index is 1.45. The predicted molar refractivity (Wildman–Crippen MR) is 130 cm³/mol. The molecule has 0 aliphatic heterocycles. The number of anilines is 1. The van der Waals surface area contributed by atoms with E-state index in [1.165, 1.54) is 27.7 Å². The van der Waals surface area contributed by atoms with E-state index in [9.17, 15) is 9.90 Å². The summed E-state index contributed by atoms with van der Waals surface area (Å²) in [6, 6.07) is 13.4. The molecule has 0 saturated carbocycles. The molecule has 1 unspecified atom stereocenters. The van der Waals surface area contributed by atoms with Gasteiger partial charge < -0.3 is 10.4 Å². The molecule has 0 bridgehead atoms. The summed E-state index contributed by atoms with van der Waals surface area (Å²) in [6.07, 6.45) is -0.555. The molecular formula is C21H20BrN5O2S2. The third-order valence-electron chi connectivity index (χ3n) is 4.66. The highest BCUT2D eigenvalue weighted by Crippen LogP contribution is 2.26. The first kappa shape index (κ1) is 21.9. The molecule has 31 heavy (non-hydrogen) atoms. The molecule has 10 heteroatoms. The van der Waals surface area contributed by atoms with Crippen LogP contribution < -0.4 is 10.9 Å². The first-order chi connectivity index (χ1) is 14.9. The Labute approximate surface area is 195 Å². The standard InChI is InChI=1S/C21H20BrN5O2S2/c1-12-5-3-4-6-17(12)23-10-15(28)11-30-21-26-25-20(31-21)27-13(2)24-18-8-7-14(22)9-16(18)19(27)29/h3-9,15,23,28H,10-11H2,1-2H3. The summed E-state index contributed by atoms with van der Waals surface area (Å²) >= 11 is 6.12. The highest BCUT2D eigenvalue weighted by molar-refractivity contribution is 9.10. The average Bonchev–Trinajstić information content (AvgIpc) is 3.21. The van der Waals surface area contributed by atoms with Gasteiger partial charge in [0.25, 0.3) is 5.56 Å². The Morgan fingerprint density at radius 1 is 1.23 bits per heavy atom. The van der Waals surface area contributed by atoms with E-state index in [0.717, 1.165) is 15.7 Å². The second kappa shape index (κ2) is 9.47. The Morgan fingerprint density at radius 3 is 2.84 bits per heavy atom. The smallest absolute Gasteiger partial charge is 0.267 e. The van der Waals surface area contributed by atoms with Crippen LogP contribution >= 0.6 is 39.0 Å². The molecule has 2 N–H and O–H groups in total. The monoisotopic (exact) mass is 517 g/mol. The summed E-state index contributed by atoms with van der Waals surface area (Å²) in [4.78, 5) is 17.5. The van der Waals surface area contributed by atoms with Gasteiger partial charge in [-0.15, -0.1) is 10.2 Å². The molecule has 0 fully saturated rings. The summed E-state index contributed by atoms with van der Waals surface area (Å²) < 4.78 is 2.98. The maximum absolute atomic E-state index is 13.0. The van der Waals surface area contributed by atoms with Crippen molar-refractivity contribution < 1.29 is 5.11 Å². The second-order valence-corrected chi connectivity index (χ2v) is 10.1. The van der Waals surface area contributed by atoms with Crippen molar-refractivity contribution in [2.75, 3.05) is 17.6 Å². The van der Waals surface area contributed by atoms with Crippen LogP contribution in [0.1, 0.15) is 11.4 Å².